The van der Waals surface area contributed by atoms with E-state index in [-0.39, 0.29) is 10.5 Å². The van der Waals surface area contributed by atoms with Crippen molar-refractivity contribution in [3.63, 3.8) is 0 Å². The molecule has 1 fully saturated rings. The Kier molecular flexibility index (Phi) is 4.11. The number of sulfonamides is 1. The lowest BCUT2D eigenvalue weighted by molar-refractivity contribution is 0.0250. The van der Waals surface area contributed by atoms with E-state index in [0.29, 0.717) is 13.2 Å². The third kappa shape index (κ3) is 3.32. The van der Waals surface area contributed by atoms with Crippen LogP contribution in [0.3, 0.4) is 0 Å². The van der Waals surface area contributed by atoms with Gasteiger partial charge in [0.05, 0.1) is 10.5 Å². The molecule has 0 aromatic heterocycles. The molecule has 1 heterocycles. The second kappa shape index (κ2) is 5.28. The van der Waals surface area contributed by atoms with Gasteiger partial charge in [-0.25, -0.2) is 13.1 Å². The van der Waals surface area contributed by atoms with Gasteiger partial charge in [0.2, 0.25) is 10.0 Å². The van der Waals surface area contributed by atoms with E-state index in [0.717, 1.165) is 17.3 Å². The van der Waals surface area contributed by atoms with E-state index in [1.54, 1.807) is 24.3 Å². The van der Waals surface area contributed by atoms with Crippen molar-refractivity contribution < 1.29 is 13.2 Å². The molecule has 1 aliphatic rings. The predicted molar refractivity (Wildman–Crippen MR) is 72.9 cm³/mol. The van der Waals surface area contributed by atoms with Crippen molar-refractivity contribution in [2.24, 2.45) is 0 Å². The van der Waals surface area contributed by atoms with Crippen LogP contribution in [0.15, 0.2) is 33.6 Å². The lowest BCUT2D eigenvalue weighted by Crippen LogP contribution is -2.40. The zero-order chi connectivity index (χ0) is 13.2. The van der Waals surface area contributed by atoms with Gasteiger partial charge in [-0.15, -0.1) is 0 Å². The number of benzene rings is 1. The first-order valence-corrected chi connectivity index (χ1v) is 8.08. The number of hydrogen-bond donors (Lipinski definition) is 1. The summed E-state index contributed by atoms with van der Waals surface area (Å²) in [5.74, 6) is 0. The van der Waals surface area contributed by atoms with Crippen molar-refractivity contribution in [1.82, 2.24) is 4.72 Å². The van der Waals surface area contributed by atoms with E-state index in [9.17, 15) is 8.42 Å². The third-order valence-electron chi connectivity index (χ3n) is 3.06. The van der Waals surface area contributed by atoms with Crippen molar-refractivity contribution in [3.05, 3.63) is 28.7 Å². The summed E-state index contributed by atoms with van der Waals surface area (Å²) in [7, 11) is -3.45. The molecule has 1 N–H and O–H groups in total. The molecule has 0 amide bonds. The van der Waals surface area contributed by atoms with Crippen LogP contribution in [0.1, 0.15) is 19.8 Å². The van der Waals surface area contributed by atoms with Crippen LogP contribution in [0.2, 0.25) is 0 Å². The Labute approximate surface area is 116 Å². The fourth-order valence-electron chi connectivity index (χ4n) is 1.92. The maximum absolute atomic E-state index is 12.1. The minimum absolute atomic E-state index is 0.271. The Hall–Kier alpha value is -0.430. The van der Waals surface area contributed by atoms with Crippen LogP contribution < -0.4 is 4.72 Å². The number of halogens is 1. The quantitative estimate of drug-likeness (QED) is 0.919. The molecule has 1 atom stereocenters. The summed E-state index contributed by atoms with van der Waals surface area (Å²) in [4.78, 5) is 0.271. The van der Waals surface area contributed by atoms with Gasteiger partial charge in [0, 0.05) is 17.6 Å². The lowest BCUT2D eigenvalue weighted by atomic mass is 10.0. The summed E-state index contributed by atoms with van der Waals surface area (Å²) in [6.45, 7) is 2.95. The molecule has 1 saturated heterocycles. The second-order valence-electron chi connectivity index (χ2n) is 4.68. The van der Waals surface area contributed by atoms with Crippen LogP contribution in [0.25, 0.3) is 0 Å². The second-order valence-corrected chi connectivity index (χ2v) is 7.36. The molecule has 18 heavy (non-hydrogen) atoms. The molecule has 6 heteroatoms. The van der Waals surface area contributed by atoms with Gasteiger partial charge in [0.1, 0.15) is 0 Å². The van der Waals surface area contributed by atoms with Gasteiger partial charge in [-0.3, -0.25) is 0 Å². The van der Waals surface area contributed by atoms with Gasteiger partial charge in [0.15, 0.2) is 0 Å². The van der Waals surface area contributed by atoms with Gasteiger partial charge in [-0.1, -0.05) is 15.9 Å². The molecule has 0 aliphatic carbocycles. The lowest BCUT2D eigenvalue weighted by Gasteiger charge is -2.23. The number of hydrogen-bond acceptors (Lipinski definition) is 3. The van der Waals surface area contributed by atoms with E-state index in [1.807, 2.05) is 6.92 Å². The molecule has 0 saturated carbocycles. The average Bonchev–Trinajstić information content (AvgIpc) is 2.75. The summed E-state index contributed by atoms with van der Waals surface area (Å²) in [6.07, 6.45) is 1.87. The van der Waals surface area contributed by atoms with Gasteiger partial charge in [-0.05, 0) is 44.0 Å². The first-order valence-electron chi connectivity index (χ1n) is 5.81. The third-order valence-corrected chi connectivity index (χ3v) is 5.01. The summed E-state index contributed by atoms with van der Waals surface area (Å²) in [5.41, 5.74) is -0.373. The molecule has 0 spiro atoms. The minimum atomic E-state index is -3.45. The number of rotatable bonds is 4. The first kappa shape index (κ1) is 14.0. The Morgan fingerprint density at radius 2 is 2.06 bits per heavy atom. The molecule has 1 aromatic carbocycles. The Balaban J connectivity index is 2.05. The molecule has 0 bridgehead atoms. The monoisotopic (exact) mass is 333 g/mol. The summed E-state index contributed by atoms with van der Waals surface area (Å²) in [5, 5.41) is 0. The fraction of sp³-hybridized carbons (Fsp3) is 0.500. The van der Waals surface area contributed by atoms with Crippen LogP contribution in [-0.2, 0) is 14.8 Å². The smallest absolute Gasteiger partial charge is 0.240 e. The predicted octanol–water partition coefficient (Wildman–Crippen LogP) is 2.30. The Morgan fingerprint density at radius 3 is 2.61 bits per heavy atom. The summed E-state index contributed by atoms with van der Waals surface area (Å²) in [6, 6.07) is 6.57. The van der Waals surface area contributed by atoms with E-state index in [2.05, 4.69) is 20.7 Å². The first-order chi connectivity index (χ1) is 8.41. The van der Waals surface area contributed by atoms with E-state index in [4.69, 9.17) is 4.74 Å². The molecule has 100 valence electrons. The summed E-state index contributed by atoms with van der Waals surface area (Å²) < 4.78 is 33.1. The SMILES string of the molecule is CC1(CNS(=O)(=O)c2ccc(Br)cc2)CCCO1. The zero-order valence-corrected chi connectivity index (χ0v) is 12.6. The molecular weight excluding hydrogens is 318 g/mol. The highest BCUT2D eigenvalue weighted by Gasteiger charge is 2.31. The highest BCUT2D eigenvalue weighted by atomic mass is 79.9. The topological polar surface area (TPSA) is 55.4 Å². The Bertz CT molecular complexity index is 507. The van der Waals surface area contributed by atoms with E-state index < -0.39 is 10.0 Å². The van der Waals surface area contributed by atoms with Crippen LogP contribution >= 0.6 is 15.9 Å². The maximum Gasteiger partial charge on any atom is 0.240 e. The van der Waals surface area contributed by atoms with Crippen LogP contribution in [0.5, 0.6) is 0 Å². The van der Waals surface area contributed by atoms with Crippen LogP contribution in [-0.4, -0.2) is 27.2 Å². The van der Waals surface area contributed by atoms with Crippen LogP contribution in [0, 0.1) is 0 Å². The normalized spacial score (nSPS) is 24.3. The minimum Gasteiger partial charge on any atom is -0.374 e. The van der Waals surface area contributed by atoms with E-state index in [1.165, 1.54) is 0 Å². The molecule has 2 rings (SSSR count). The molecule has 0 radical (unpaired) electrons. The zero-order valence-electron chi connectivity index (χ0n) is 10.1. The fourth-order valence-corrected chi connectivity index (χ4v) is 3.34. The molecular formula is C12H16BrNO3S. The van der Waals surface area contributed by atoms with Crippen molar-refractivity contribution in [3.8, 4) is 0 Å². The summed E-state index contributed by atoms with van der Waals surface area (Å²) >= 11 is 3.28. The maximum atomic E-state index is 12.1. The van der Waals surface area contributed by atoms with Gasteiger partial charge < -0.3 is 4.74 Å². The van der Waals surface area contributed by atoms with Crippen molar-refractivity contribution in [2.45, 2.75) is 30.3 Å². The molecule has 1 aromatic rings. The molecule has 1 unspecified atom stereocenters. The van der Waals surface area contributed by atoms with Gasteiger partial charge in [0.25, 0.3) is 0 Å². The van der Waals surface area contributed by atoms with Gasteiger partial charge >= 0.3 is 0 Å². The largest absolute Gasteiger partial charge is 0.374 e. The molecule has 4 nitrogen and oxygen atoms in total. The molecule has 1 aliphatic heterocycles. The standard InChI is InChI=1S/C12H16BrNO3S/c1-12(7-2-8-17-12)9-14-18(15,16)11-5-3-10(13)4-6-11/h3-6,14H,2,7-9H2,1H3. The van der Waals surface area contributed by atoms with Crippen molar-refractivity contribution in [2.75, 3.05) is 13.2 Å². The van der Waals surface area contributed by atoms with Crippen LogP contribution in [0.4, 0.5) is 0 Å². The Morgan fingerprint density at radius 1 is 1.39 bits per heavy atom. The highest BCUT2D eigenvalue weighted by Crippen LogP contribution is 2.24. The van der Waals surface area contributed by atoms with E-state index >= 15 is 0 Å². The number of ether oxygens (including phenoxy) is 1. The van der Waals surface area contributed by atoms with Crippen molar-refractivity contribution >= 4 is 26.0 Å². The highest BCUT2D eigenvalue weighted by molar-refractivity contribution is 9.10. The van der Waals surface area contributed by atoms with Gasteiger partial charge in [-0.2, -0.15) is 0 Å². The van der Waals surface area contributed by atoms with Crippen molar-refractivity contribution in [1.29, 1.82) is 0 Å². The average molecular weight is 334 g/mol. The number of nitrogens with one attached hydrogen (secondary N) is 1.